The van der Waals surface area contributed by atoms with E-state index in [1.807, 2.05) is 36.4 Å². The third-order valence-electron chi connectivity index (χ3n) is 3.82. The highest BCUT2D eigenvalue weighted by Crippen LogP contribution is 2.19. The molecule has 0 fully saturated rings. The summed E-state index contributed by atoms with van der Waals surface area (Å²) in [4.78, 5) is 12.1. The smallest absolute Gasteiger partial charge is 0.319 e. The summed E-state index contributed by atoms with van der Waals surface area (Å²) in [7, 11) is 0. The van der Waals surface area contributed by atoms with E-state index in [9.17, 15) is 4.79 Å². The molecule has 0 aliphatic heterocycles. The average Bonchev–Trinajstić information content (AvgIpc) is 2.55. The minimum absolute atomic E-state index is 0.130. The Morgan fingerprint density at radius 3 is 2.27 bits per heavy atom. The van der Waals surface area contributed by atoms with Gasteiger partial charge in [-0.2, -0.15) is 0 Å². The fourth-order valence-electron chi connectivity index (χ4n) is 2.45. The van der Waals surface area contributed by atoms with Gasteiger partial charge in [-0.1, -0.05) is 62.4 Å². The second-order valence-corrected chi connectivity index (χ2v) is 5.43. The first-order valence-electron chi connectivity index (χ1n) is 7.92. The summed E-state index contributed by atoms with van der Waals surface area (Å²) in [6.45, 7) is 4.16. The zero-order chi connectivity index (χ0) is 15.8. The van der Waals surface area contributed by atoms with Crippen LogP contribution in [0.2, 0.25) is 0 Å². The van der Waals surface area contributed by atoms with Crippen molar-refractivity contribution in [3.63, 3.8) is 0 Å². The fraction of sp³-hybridized carbons (Fsp3) is 0.316. The van der Waals surface area contributed by atoms with Gasteiger partial charge in [0.1, 0.15) is 0 Å². The maximum Gasteiger partial charge on any atom is 0.319 e. The van der Waals surface area contributed by atoms with Crippen molar-refractivity contribution >= 4 is 11.7 Å². The predicted octanol–water partition coefficient (Wildman–Crippen LogP) is 4.59. The number of para-hydroxylation sites is 1. The molecule has 0 heterocycles. The summed E-state index contributed by atoms with van der Waals surface area (Å²) in [6, 6.07) is 18.3. The number of carbonyl (C=O) groups is 1. The van der Waals surface area contributed by atoms with Crippen molar-refractivity contribution in [1.82, 2.24) is 5.32 Å². The lowest BCUT2D eigenvalue weighted by Crippen LogP contribution is -2.37. The van der Waals surface area contributed by atoms with E-state index in [0.717, 1.165) is 30.5 Å². The van der Waals surface area contributed by atoms with Gasteiger partial charge in [0.25, 0.3) is 0 Å². The number of hydrogen-bond acceptors (Lipinski definition) is 1. The molecule has 0 aromatic heterocycles. The van der Waals surface area contributed by atoms with Crippen LogP contribution in [0.5, 0.6) is 0 Å². The Kier molecular flexibility index (Phi) is 6.01. The van der Waals surface area contributed by atoms with Crippen LogP contribution in [-0.2, 0) is 6.42 Å². The van der Waals surface area contributed by atoms with Crippen molar-refractivity contribution in [1.29, 1.82) is 0 Å². The average molecular weight is 296 g/mol. The van der Waals surface area contributed by atoms with Crippen LogP contribution in [-0.4, -0.2) is 12.1 Å². The third kappa shape index (κ3) is 4.62. The van der Waals surface area contributed by atoms with Crippen molar-refractivity contribution < 1.29 is 4.79 Å². The lowest BCUT2D eigenvalue weighted by atomic mass is 10.0. The summed E-state index contributed by atoms with van der Waals surface area (Å²) in [5.41, 5.74) is 3.22. The van der Waals surface area contributed by atoms with Gasteiger partial charge in [-0.25, -0.2) is 4.79 Å². The number of carbonyl (C=O) groups excluding carboxylic acids is 1. The van der Waals surface area contributed by atoms with Crippen molar-refractivity contribution in [3.05, 3.63) is 65.7 Å². The van der Waals surface area contributed by atoms with Crippen LogP contribution in [0.1, 0.15) is 37.8 Å². The first kappa shape index (κ1) is 16.1. The van der Waals surface area contributed by atoms with Crippen LogP contribution in [0.25, 0.3) is 0 Å². The maximum atomic E-state index is 12.1. The first-order chi connectivity index (χ1) is 10.7. The Morgan fingerprint density at radius 1 is 0.955 bits per heavy atom. The fourth-order valence-corrected chi connectivity index (χ4v) is 2.45. The lowest BCUT2D eigenvalue weighted by molar-refractivity contribution is 0.247. The molecule has 3 nitrogen and oxygen atoms in total. The highest BCUT2D eigenvalue weighted by atomic mass is 16.2. The quantitative estimate of drug-likeness (QED) is 0.804. The van der Waals surface area contributed by atoms with E-state index in [1.165, 1.54) is 5.56 Å². The highest BCUT2D eigenvalue weighted by molar-refractivity contribution is 5.90. The number of nitrogens with one attached hydrogen (secondary N) is 2. The van der Waals surface area contributed by atoms with E-state index in [2.05, 4.69) is 42.7 Å². The molecule has 3 heteroatoms. The zero-order valence-electron chi connectivity index (χ0n) is 13.3. The summed E-state index contributed by atoms with van der Waals surface area (Å²) < 4.78 is 0. The Labute approximate surface area is 132 Å². The molecule has 0 aliphatic carbocycles. The second kappa shape index (κ2) is 8.23. The lowest BCUT2D eigenvalue weighted by Gasteiger charge is -2.17. The molecule has 2 aromatic rings. The SMILES string of the molecule is CCC(CC)NC(=O)Nc1ccccc1Cc1ccccc1. The molecule has 2 aromatic carbocycles. The molecule has 0 atom stereocenters. The van der Waals surface area contributed by atoms with Crippen LogP contribution in [0.15, 0.2) is 54.6 Å². The second-order valence-electron chi connectivity index (χ2n) is 5.43. The minimum Gasteiger partial charge on any atom is -0.335 e. The van der Waals surface area contributed by atoms with Crippen LogP contribution in [0, 0.1) is 0 Å². The van der Waals surface area contributed by atoms with Crippen LogP contribution >= 0.6 is 0 Å². The molecule has 116 valence electrons. The monoisotopic (exact) mass is 296 g/mol. The van der Waals surface area contributed by atoms with Crippen LogP contribution in [0.3, 0.4) is 0 Å². The van der Waals surface area contributed by atoms with Gasteiger partial charge in [0.2, 0.25) is 0 Å². The van der Waals surface area contributed by atoms with Gasteiger partial charge in [0, 0.05) is 11.7 Å². The molecule has 2 rings (SSSR count). The molecule has 0 saturated heterocycles. The third-order valence-corrected chi connectivity index (χ3v) is 3.82. The number of rotatable bonds is 6. The molecule has 0 saturated carbocycles. The molecular weight excluding hydrogens is 272 g/mol. The Bertz CT molecular complexity index is 591. The molecule has 0 unspecified atom stereocenters. The van der Waals surface area contributed by atoms with Crippen molar-refractivity contribution in [2.24, 2.45) is 0 Å². The Balaban J connectivity index is 2.06. The Morgan fingerprint density at radius 2 is 1.59 bits per heavy atom. The van der Waals surface area contributed by atoms with E-state index in [4.69, 9.17) is 0 Å². The standard InChI is InChI=1S/C19H24N2O/c1-3-17(4-2)20-19(22)21-18-13-9-8-12-16(18)14-15-10-6-5-7-11-15/h5-13,17H,3-4,14H2,1-2H3,(H2,20,21,22). The van der Waals surface area contributed by atoms with E-state index >= 15 is 0 Å². The van der Waals surface area contributed by atoms with Gasteiger partial charge in [-0.05, 0) is 36.5 Å². The molecule has 0 radical (unpaired) electrons. The number of hydrogen-bond donors (Lipinski definition) is 2. The first-order valence-corrected chi connectivity index (χ1v) is 7.92. The maximum absolute atomic E-state index is 12.1. The van der Waals surface area contributed by atoms with E-state index in [0.29, 0.717) is 0 Å². The number of amides is 2. The van der Waals surface area contributed by atoms with Gasteiger partial charge in [0.15, 0.2) is 0 Å². The van der Waals surface area contributed by atoms with Gasteiger partial charge in [-0.3, -0.25) is 0 Å². The van der Waals surface area contributed by atoms with Crippen molar-refractivity contribution in [3.8, 4) is 0 Å². The summed E-state index contributed by atoms with van der Waals surface area (Å²) in [5.74, 6) is 0. The topological polar surface area (TPSA) is 41.1 Å². The number of urea groups is 1. The van der Waals surface area contributed by atoms with E-state index in [1.54, 1.807) is 0 Å². The summed E-state index contributed by atoms with van der Waals surface area (Å²) >= 11 is 0. The predicted molar refractivity (Wildman–Crippen MR) is 92.2 cm³/mol. The molecule has 0 bridgehead atoms. The van der Waals surface area contributed by atoms with Gasteiger partial charge >= 0.3 is 6.03 Å². The van der Waals surface area contributed by atoms with Crippen LogP contribution in [0.4, 0.5) is 10.5 Å². The number of anilines is 1. The minimum atomic E-state index is -0.130. The van der Waals surface area contributed by atoms with Gasteiger partial charge in [0.05, 0.1) is 0 Å². The molecule has 0 aliphatic rings. The molecule has 2 N–H and O–H groups in total. The van der Waals surface area contributed by atoms with Gasteiger partial charge < -0.3 is 10.6 Å². The summed E-state index contributed by atoms with van der Waals surface area (Å²) in [6.07, 6.45) is 2.69. The van der Waals surface area contributed by atoms with Gasteiger partial charge in [-0.15, -0.1) is 0 Å². The van der Waals surface area contributed by atoms with Crippen molar-refractivity contribution in [2.75, 3.05) is 5.32 Å². The normalized spacial score (nSPS) is 10.5. The van der Waals surface area contributed by atoms with Crippen LogP contribution < -0.4 is 10.6 Å². The zero-order valence-corrected chi connectivity index (χ0v) is 13.3. The summed E-state index contributed by atoms with van der Waals surface area (Å²) in [5, 5.41) is 5.99. The molecular formula is C19H24N2O. The largest absolute Gasteiger partial charge is 0.335 e. The highest BCUT2D eigenvalue weighted by Gasteiger charge is 2.10. The molecule has 0 spiro atoms. The van der Waals surface area contributed by atoms with E-state index in [-0.39, 0.29) is 12.1 Å². The van der Waals surface area contributed by atoms with E-state index < -0.39 is 0 Å². The Hall–Kier alpha value is -2.29. The molecule has 2 amide bonds. The van der Waals surface area contributed by atoms with Crippen molar-refractivity contribution in [2.45, 2.75) is 39.2 Å². The molecule has 22 heavy (non-hydrogen) atoms. The number of benzene rings is 2.